The van der Waals surface area contributed by atoms with Crippen LogP contribution in [0.3, 0.4) is 0 Å². The molecule has 420 valence electrons. The van der Waals surface area contributed by atoms with Crippen molar-refractivity contribution in [2.75, 3.05) is 163 Å². The molecule has 0 saturated carbocycles. The van der Waals surface area contributed by atoms with Crippen LogP contribution in [-0.4, -0.2) is 258 Å². The fourth-order valence-electron chi connectivity index (χ4n) is 4.74. The number of hydrogen-bond donors (Lipinski definition) is 0. The van der Waals surface area contributed by atoms with Crippen LogP contribution in [0, 0.1) is 0 Å². The van der Waals surface area contributed by atoms with E-state index in [1.54, 1.807) is 29.4 Å². The summed E-state index contributed by atoms with van der Waals surface area (Å²) in [6.45, 7) is 34.4. The first-order valence-electron chi connectivity index (χ1n) is 21.7. The molecule has 0 spiro atoms. The van der Waals surface area contributed by atoms with Crippen molar-refractivity contribution < 1.29 is 102 Å². The zero-order chi connectivity index (χ0) is 48.9. The van der Waals surface area contributed by atoms with Gasteiger partial charge in [-0.2, -0.15) is 0 Å². The van der Waals surface area contributed by atoms with Gasteiger partial charge in [0.05, 0.1) is 0 Å². The predicted octanol–water partition coefficient (Wildman–Crippen LogP) is 4.88. The van der Waals surface area contributed by atoms with Crippen LogP contribution >= 0.6 is 0 Å². The minimum atomic E-state index is 0. The van der Waals surface area contributed by atoms with Gasteiger partial charge in [-0.15, -0.1) is 0 Å². The number of nitrogens with zero attached hydrogens (tertiary/aromatic N) is 18. The largest absolute Gasteiger partial charge is 1.00 e. The van der Waals surface area contributed by atoms with E-state index < -0.39 is 0 Å². The van der Waals surface area contributed by atoms with Crippen molar-refractivity contribution in [2.24, 2.45) is 0 Å². The third kappa shape index (κ3) is 47.8. The van der Waals surface area contributed by atoms with Crippen LogP contribution in [0.25, 0.3) is 32.5 Å². The second kappa shape index (κ2) is 59.9. The third-order valence-electron chi connectivity index (χ3n) is 8.68. The van der Waals surface area contributed by atoms with E-state index in [9.17, 15) is 32.5 Å². The monoisotopic (exact) mass is 1230 g/mol. The molecule has 18 nitrogen and oxygen atoms in total. The van der Waals surface area contributed by atoms with Gasteiger partial charge < -0.3 is 91.3 Å². The summed E-state index contributed by atoms with van der Waals surface area (Å²) in [4.78, 5) is 21.5. The van der Waals surface area contributed by atoms with Crippen molar-refractivity contribution in [2.45, 2.75) is 83.1 Å². The van der Waals surface area contributed by atoms with E-state index in [1.165, 1.54) is 0 Å². The molecule has 0 amide bonds. The van der Waals surface area contributed by atoms with E-state index in [4.69, 9.17) is 0 Å². The molecule has 0 atom stereocenters. The zero-order valence-corrected chi connectivity index (χ0v) is 51.0. The molecule has 0 rings (SSSR count). The van der Waals surface area contributed by atoms with Gasteiger partial charge in [0.25, 0.3) is 0 Å². The number of guanidine groups is 6. The Hall–Kier alpha value is -1.26. The van der Waals surface area contributed by atoms with Crippen LogP contribution in [0.4, 0.5) is 0 Å². The summed E-state index contributed by atoms with van der Waals surface area (Å²) in [5, 5.41) is 56.1. The van der Waals surface area contributed by atoms with Crippen LogP contribution in [0.5, 0.6) is 0 Å². The molecular formula is C42H96Cu6N18. The summed E-state index contributed by atoms with van der Waals surface area (Å²) in [6, 6.07) is 0. The molecular weight excluding hydrogens is 1140 g/mol. The van der Waals surface area contributed by atoms with Crippen molar-refractivity contribution in [1.29, 1.82) is 0 Å². The molecule has 0 aromatic rings. The van der Waals surface area contributed by atoms with Gasteiger partial charge in [0, 0.05) is 35.8 Å². The third-order valence-corrected chi connectivity index (χ3v) is 8.68. The van der Waals surface area contributed by atoms with Gasteiger partial charge in [-0.3, -0.25) is 0 Å². The van der Waals surface area contributed by atoms with Crippen LogP contribution in [0.1, 0.15) is 83.1 Å². The second-order valence-corrected chi connectivity index (χ2v) is 14.2. The first-order chi connectivity index (χ1) is 27.8. The maximum Gasteiger partial charge on any atom is 1.00 e. The topological polar surface area (TPSA) is 173 Å². The Kier molecular flexibility index (Phi) is 85.8. The molecule has 0 N–H and O–H groups in total. The van der Waals surface area contributed by atoms with E-state index in [1.807, 2.05) is 197 Å². The molecule has 66 heavy (non-hydrogen) atoms. The minimum Gasteiger partial charge on any atom is -0.432 e. The smallest absolute Gasteiger partial charge is 0.432 e. The Balaban J connectivity index is -0.0000000521. The summed E-state index contributed by atoms with van der Waals surface area (Å²) in [5.74, 6) is 2.03. The Labute approximate surface area is 472 Å². The fourth-order valence-corrected chi connectivity index (χ4v) is 4.74. The van der Waals surface area contributed by atoms with E-state index in [-0.39, 0.29) is 102 Å². The molecule has 0 aliphatic rings. The van der Waals surface area contributed by atoms with Crippen LogP contribution in [0.15, 0.2) is 0 Å². The molecule has 0 aromatic carbocycles. The van der Waals surface area contributed by atoms with E-state index in [0.29, 0.717) is 35.8 Å². The maximum atomic E-state index is 9.35. The van der Waals surface area contributed by atoms with E-state index >= 15 is 0 Å². The summed E-state index contributed by atoms with van der Waals surface area (Å²) in [6.07, 6.45) is 0. The normalized spacial score (nSPS) is 8.36. The molecule has 0 fully saturated rings. The van der Waals surface area contributed by atoms with Crippen LogP contribution in [0.2, 0.25) is 0 Å². The van der Waals surface area contributed by atoms with Gasteiger partial charge in [0.15, 0.2) is 0 Å². The van der Waals surface area contributed by atoms with Crippen molar-refractivity contribution >= 4 is 35.8 Å². The summed E-state index contributed by atoms with van der Waals surface area (Å²) < 4.78 is 0. The average Bonchev–Trinajstić information content (AvgIpc) is 3.21. The Morgan fingerprint density at radius 2 is 0.258 bits per heavy atom. The maximum absolute atomic E-state index is 9.35. The summed E-state index contributed by atoms with van der Waals surface area (Å²) in [5.41, 5.74) is 0. The minimum absolute atomic E-state index is 0. The van der Waals surface area contributed by atoms with Gasteiger partial charge in [0.1, 0.15) is 0 Å². The van der Waals surface area contributed by atoms with Crippen LogP contribution in [-0.2, 0) is 102 Å². The van der Waals surface area contributed by atoms with Gasteiger partial charge >= 0.3 is 102 Å². The first-order valence-corrected chi connectivity index (χ1v) is 21.7. The molecule has 24 heteroatoms. The molecule has 0 heterocycles. The predicted molar refractivity (Wildman–Crippen MR) is 270 cm³/mol. The zero-order valence-electron chi connectivity index (χ0n) is 45.3. The van der Waals surface area contributed by atoms with Gasteiger partial charge in [-0.1, -0.05) is 83.1 Å². The molecule has 0 saturated heterocycles. The van der Waals surface area contributed by atoms with Crippen molar-refractivity contribution in [3.8, 4) is 0 Å². The van der Waals surface area contributed by atoms with E-state index in [2.05, 4.69) is 0 Å². The fraction of sp³-hybridized carbons (Fsp3) is 0.857. The quantitative estimate of drug-likeness (QED) is 0.148. The molecule has 0 radical (unpaired) electrons. The van der Waals surface area contributed by atoms with Gasteiger partial charge in [-0.25, -0.2) is 0 Å². The van der Waals surface area contributed by atoms with Crippen LogP contribution < -0.4 is 0 Å². The first kappa shape index (κ1) is 94.6. The number of rotatable bonds is 12. The van der Waals surface area contributed by atoms with Crippen molar-refractivity contribution in [1.82, 2.24) is 58.8 Å². The summed E-state index contributed by atoms with van der Waals surface area (Å²) in [7, 11) is 21.9. The second-order valence-electron chi connectivity index (χ2n) is 14.2. The molecule has 0 aromatic heterocycles. The van der Waals surface area contributed by atoms with Gasteiger partial charge in [-0.05, 0) is 163 Å². The Morgan fingerprint density at radius 1 is 0.197 bits per heavy atom. The SMILES string of the molecule is CCN(CC)C(=[N-])N(C)C.CCN(CC)C(=[N-])N(C)C.CCN(CC)C(=[N-])N(C)C.CCN(CC)C(=[N-])N(C)C.CCN(CC)C(=[N-])N(C)C.CCN(CC)C(=[N-])N(C)C.[Cu+].[Cu+].[Cu+].[Cu+].[Cu+].[Cu+]. The van der Waals surface area contributed by atoms with Crippen molar-refractivity contribution in [3.63, 3.8) is 0 Å². The molecule has 0 aliphatic carbocycles. The number of hydrogen-bond acceptors (Lipinski definition) is 0. The van der Waals surface area contributed by atoms with Gasteiger partial charge in [0.2, 0.25) is 0 Å². The molecule has 0 unspecified atom stereocenters. The Bertz CT molecular complexity index is 879. The Morgan fingerprint density at radius 3 is 0.273 bits per heavy atom. The molecule has 0 bridgehead atoms. The standard InChI is InChI=1S/6C7H16N3.6Cu/c6*1-5-10(6-2)7(8)9(3)4;;;;;;/h6*5-6H2,1-4H3;;;;;;/q6*-1;6*+1. The molecule has 0 aliphatic heterocycles. The van der Waals surface area contributed by atoms with E-state index in [0.717, 1.165) is 78.5 Å². The van der Waals surface area contributed by atoms with Crippen molar-refractivity contribution in [3.05, 3.63) is 32.5 Å². The average molecular weight is 1230 g/mol. The summed E-state index contributed by atoms with van der Waals surface area (Å²) >= 11 is 0.